The molecular formula is C6H14N2. The Morgan fingerprint density at radius 2 is 2.38 bits per heavy atom. The summed E-state index contributed by atoms with van der Waals surface area (Å²) in [5.74, 6) is 0. The van der Waals surface area contributed by atoms with Gasteiger partial charge in [0, 0.05) is 0 Å². The highest BCUT2D eigenvalue weighted by atomic mass is 15.1. The minimum atomic E-state index is 0.382. The number of nitrogens with one attached hydrogen (secondary N) is 2. The van der Waals surface area contributed by atoms with E-state index in [-0.39, 0.29) is 0 Å². The number of rotatable bonds is 4. The first kappa shape index (κ1) is 7.50. The summed E-state index contributed by atoms with van der Waals surface area (Å²) < 4.78 is 0. The van der Waals surface area contributed by atoms with Crippen LogP contribution in [-0.4, -0.2) is 13.2 Å². The van der Waals surface area contributed by atoms with Gasteiger partial charge in [0.2, 0.25) is 0 Å². The summed E-state index contributed by atoms with van der Waals surface area (Å²) in [6.07, 6.45) is 3.15. The van der Waals surface area contributed by atoms with Gasteiger partial charge >= 0.3 is 0 Å². The van der Waals surface area contributed by atoms with Crippen LogP contribution in [0, 0.1) is 0 Å². The van der Waals surface area contributed by atoms with E-state index in [0.717, 1.165) is 6.42 Å². The average Bonchev–Trinajstić information content (AvgIpc) is 1.83. The average molecular weight is 114 g/mol. The third kappa shape index (κ3) is 2.64. The zero-order chi connectivity index (χ0) is 6.41. The van der Waals surface area contributed by atoms with Gasteiger partial charge in [0.05, 0.1) is 6.17 Å². The van der Waals surface area contributed by atoms with Crippen LogP contribution in [-0.2, 0) is 0 Å². The topological polar surface area (TPSA) is 24.1 Å². The molecule has 0 heterocycles. The van der Waals surface area contributed by atoms with Crippen LogP contribution >= 0.6 is 0 Å². The predicted molar refractivity (Wildman–Crippen MR) is 36.5 cm³/mol. The van der Waals surface area contributed by atoms with Crippen LogP contribution in [0.2, 0.25) is 0 Å². The molecule has 0 saturated carbocycles. The molecule has 0 fully saturated rings. The summed E-state index contributed by atoms with van der Waals surface area (Å²) >= 11 is 0. The van der Waals surface area contributed by atoms with Crippen molar-refractivity contribution in [1.29, 1.82) is 0 Å². The van der Waals surface area contributed by atoms with E-state index in [0.29, 0.717) is 6.17 Å². The highest BCUT2D eigenvalue weighted by molar-refractivity contribution is 4.68. The predicted octanol–water partition coefficient (Wildman–Crippen LogP) is 0.675. The molecule has 8 heavy (non-hydrogen) atoms. The van der Waals surface area contributed by atoms with Crippen LogP contribution in [0.4, 0.5) is 0 Å². The van der Waals surface area contributed by atoms with E-state index in [9.17, 15) is 0 Å². The van der Waals surface area contributed by atoms with Gasteiger partial charge in [-0.1, -0.05) is 13.5 Å². The van der Waals surface area contributed by atoms with E-state index in [1.54, 1.807) is 6.20 Å². The monoisotopic (exact) mass is 114 g/mol. The van der Waals surface area contributed by atoms with E-state index < -0.39 is 0 Å². The first-order valence-electron chi connectivity index (χ1n) is 2.89. The number of hydrogen-bond acceptors (Lipinski definition) is 2. The van der Waals surface area contributed by atoms with Gasteiger partial charge in [0.1, 0.15) is 0 Å². The van der Waals surface area contributed by atoms with Gasteiger partial charge < -0.3 is 10.6 Å². The van der Waals surface area contributed by atoms with Gasteiger partial charge in [-0.2, -0.15) is 0 Å². The Balaban J connectivity index is 3.20. The summed E-state index contributed by atoms with van der Waals surface area (Å²) in [5, 5.41) is 6.10. The maximum Gasteiger partial charge on any atom is 0.0757 e. The smallest absolute Gasteiger partial charge is 0.0757 e. The van der Waals surface area contributed by atoms with Gasteiger partial charge in [0.25, 0.3) is 0 Å². The molecule has 0 bridgehead atoms. The Hall–Kier alpha value is -0.500. The van der Waals surface area contributed by atoms with Gasteiger partial charge in [-0.3, -0.25) is 0 Å². The van der Waals surface area contributed by atoms with Crippen LogP contribution < -0.4 is 10.6 Å². The molecule has 0 aliphatic carbocycles. The molecule has 0 aliphatic heterocycles. The maximum atomic E-state index is 3.55. The molecule has 0 aromatic rings. The minimum Gasteiger partial charge on any atom is -0.376 e. The fourth-order valence-electron chi connectivity index (χ4n) is 0.548. The molecule has 2 heteroatoms. The Kier molecular flexibility index (Phi) is 4.36. The largest absolute Gasteiger partial charge is 0.376 e. The summed E-state index contributed by atoms with van der Waals surface area (Å²) in [4.78, 5) is 0. The van der Waals surface area contributed by atoms with Crippen LogP contribution in [0.15, 0.2) is 12.8 Å². The van der Waals surface area contributed by atoms with Gasteiger partial charge in [-0.25, -0.2) is 0 Å². The van der Waals surface area contributed by atoms with Crippen LogP contribution in [0.3, 0.4) is 0 Å². The van der Waals surface area contributed by atoms with Gasteiger partial charge in [-0.05, 0) is 19.7 Å². The third-order valence-corrected chi connectivity index (χ3v) is 1.08. The van der Waals surface area contributed by atoms with Crippen LogP contribution in [0.1, 0.15) is 13.3 Å². The summed E-state index contributed by atoms with van der Waals surface area (Å²) in [5.41, 5.74) is 0. The maximum absolute atomic E-state index is 3.55. The lowest BCUT2D eigenvalue weighted by Gasteiger charge is -2.12. The lowest BCUT2D eigenvalue weighted by Crippen LogP contribution is -2.35. The highest BCUT2D eigenvalue weighted by Crippen LogP contribution is 1.81. The molecule has 0 aliphatic rings. The van der Waals surface area contributed by atoms with Crippen molar-refractivity contribution in [1.82, 2.24) is 10.6 Å². The van der Waals surface area contributed by atoms with Gasteiger partial charge in [0.15, 0.2) is 0 Å². The molecule has 0 spiro atoms. The van der Waals surface area contributed by atoms with Crippen molar-refractivity contribution >= 4 is 0 Å². The van der Waals surface area contributed by atoms with Crippen molar-refractivity contribution in [3.63, 3.8) is 0 Å². The lowest BCUT2D eigenvalue weighted by molar-refractivity contribution is 0.500. The molecule has 1 unspecified atom stereocenters. The molecular weight excluding hydrogens is 100 g/mol. The van der Waals surface area contributed by atoms with E-state index in [4.69, 9.17) is 0 Å². The normalized spacial score (nSPS) is 12.8. The lowest BCUT2D eigenvalue weighted by atomic mass is 10.4. The molecule has 0 aromatic carbocycles. The molecule has 0 rings (SSSR count). The van der Waals surface area contributed by atoms with E-state index in [2.05, 4.69) is 24.1 Å². The molecule has 2 nitrogen and oxygen atoms in total. The molecule has 0 amide bonds. The molecule has 2 N–H and O–H groups in total. The van der Waals surface area contributed by atoms with E-state index in [1.165, 1.54) is 0 Å². The second kappa shape index (κ2) is 4.65. The van der Waals surface area contributed by atoms with Crippen molar-refractivity contribution in [3.05, 3.63) is 12.8 Å². The van der Waals surface area contributed by atoms with Crippen molar-refractivity contribution in [2.45, 2.75) is 19.5 Å². The van der Waals surface area contributed by atoms with E-state index >= 15 is 0 Å². The second-order valence-corrected chi connectivity index (χ2v) is 1.62. The summed E-state index contributed by atoms with van der Waals surface area (Å²) in [7, 11) is 1.92. The first-order chi connectivity index (χ1) is 3.85. The van der Waals surface area contributed by atoms with Crippen LogP contribution in [0.5, 0.6) is 0 Å². The molecule has 48 valence electrons. The zero-order valence-electron chi connectivity index (χ0n) is 5.57. The second-order valence-electron chi connectivity index (χ2n) is 1.62. The Bertz CT molecular complexity index is 57.5. The highest BCUT2D eigenvalue weighted by Gasteiger charge is 1.93. The fraction of sp³-hybridized carbons (Fsp3) is 0.667. The van der Waals surface area contributed by atoms with Crippen LogP contribution in [0.25, 0.3) is 0 Å². The van der Waals surface area contributed by atoms with Crippen molar-refractivity contribution in [2.24, 2.45) is 0 Å². The molecule has 0 saturated heterocycles. The summed E-state index contributed by atoms with van der Waals surface area (Å²) in [6, 6.07) is 0. The third-order valence-electron chi connectivity index (χ3n) is 1.08. The minimum absolute atomic E-state index is 0.382. The first-order valence-corrected chi connectivity index (χ1v) is 2.89. The Morgan fingerprint density at radius 3 is 2.50 bits per heavy atom. The summed E-state index contributed by atoms with van der Waals surface area (Å²) in [6.45, 7) is 5.65. The quantitative estimate of drug-likeness (QED) is 0.525. The molecule has 1 atom stereocenters. The van der Waals surface area contributed by atoms with Crippen molar-refractivity contribution in [2.75, 3.05) is 7.05 Å². The SMILES string of the molecule is C=CNC(CC)NC. The number of hydrogen-bond donors (Lipinski definition) is 2. The van der Waals surface area contributed by atoms with Gasteiger partial charge in [-0.15, -0.1) is 0 Å². The Morgan fingerprint density at radius 1 is 1.75 bits per heavy atom. The Labute approximate surface area is 51.0 Å². The van der Waals surface area contributed by atoms with Crippen molar-refractivity contribution < 1.29 is 0 Å². The van der Waals surface area contributed by atoms with Crippen molar-refractivity contribution in [3.8, 4) is 0 Å². The van der Waals surface area contributed by atoms with E-state index in [1.807, 2.05) is 7.05 Å². The molecule has 0 radical (unpaired) electrons. The fourth-order valence-corrected chi connectivity index (χ4v) is 0.548. The standard InChI is InChI=1S/C6H14N2/c1-4-6(7-3)8-5-2/h5-8H,2,4H2,1,3H3. The zero-order valence-corrected chi connectivity index (χ0v) is 5.57. The molecule has 0 aromatic heterocycles.